The van der Waals surface area contributed by atoms with Crippen LogP contribution >= 0.6 is 11.6 Å². The van der Waals surface area contributed by atoms with E-state index in [0.717, 1.165) is 5.39 Å². The third-order valence-corrected chi connectivity index (χ3v) is 3.70. The van der Waals surface area contributed by atoms with E-state index in [1.807, 2.05) is 18.2 Å². The molecule has 3 rings (SSSR count). The smallest absolute Gasteiger partial charge is 0.123 e. The number of hydrogen-bond acceptors (Lipinski definition) is 2. The summed E-state index contributed by atoms with van der Waals surface area (Å²) in [7, 11) is 0. The highest BCUT2D eigenvalue weighted by molar-refractivity contribution is 6.35. The first-order valence-corrected chi connectivity index (χ1v) is 6.97. The second-order valence-electron chi connectivity index (χ2n) is 4.91. The van der Waals surface area contributed by atoms with Gasteiger partial charge in [-0.2, -0.15) is 0 Å². The number of pyridine rings is 1. The Morgan fingerprint density at radius 1 is 1.14 bits per heavy atom. The molecule has 0 fully saturated rings. The zero-order chi connectivity index (χ0) is 15.0. The highest BCUT2D eigenvalue weighted by Gasteiger charge is 2.15. The Hall–Kier alpha value is -1.97. The molecule has 1 N–H and O–H groups in total. The molecular formula is C17H13ClFNO. The molecule has 0 radical (unpaired) electrons. The lowest BCUT2D eigenvalue weighted by Crippen LogP contribution is -2.00. The summed E-state index contributed by atoms with van der Waals surface area (Å²) in [6.07, 6.45) is -0.758. The number of rotatable bonds is 2. The van der Waals surface area contributed by atoms with E-state index < -0.39 is 6.10 Å². The maximum Gasteiger partial charge on any atom is 0.123 e. The summed E-state index contributed by atoms with van der Waals surface area (Å²) in [6, 6.07) is 13.5. The number of aliphatic hydroxyl groups is 1. The average molecular weight is 302 g/mol. The predicted molar refractivity (Wildman–Crippen MR) is 82.8 cm³/mol. The van der Waals surface area contributed by atoms with Crippen LogP contribution in [0.25, 0.3) is 22.0 Å². The summed E-state index contributed by atoms with van der Waals surface area (Å²) >= 11 is 6.20. The van der Waals surface area contributed by atoms with Gasteiger partial charge in [0.25, 0.3) is 0 Å². The van der Waals surface area contributed by atoms with E-state index in [1.165, 1.54) is 12.1 Å². The molecule has 0 aliphatic rings. The van der Waals surface area contributed by atoms with Crippen molar-refractivity contribution in [3.63, 3.8) is 0 Å². The lowest BCUT2D eigenvalue weighted by molar-refractivity contribution is 0.195. The number of fused-ring (bicyclic) bond motifs is 1. The molecule has 0 spiro atoms. The molecule has 3 aromatic rings. The fourth-order valence-corrected chi connectivity index (χ4v) is 2.60. The fraction of sp³-hybridized carbons (Fsp3) is 0.118. The van der Waals surface area contributed by atoms with Crippen LogP contribution < -0.4 is 0 Å². The number of aromatic nitrogens is 1. The second kappa shape index (κ2) is 5.43. The van der Waals surface area contributed by atoms with Crippen molar-refractivity contribution < 1.29 is 9.50 Å². The molecule has 0 saturated carbocycles. The van der Waals surface area contributed by atoms with E-state index >= 15 is 0 Å². The van der Waals surface area contributed by atoms with Crippen LogP contribution in [0.1, 0.15) is 18.7 Å². The quantitative estimate of drug-likeness (QED) is 0.741. The van der Waals surface area contributed by atoms with Crippen LogP contribution in [0.5, 0.6) is 0 Å². The van der Waals surface area contributed by atoms with Crippen LogP contribution in [-0.4, -0.2) is 10.1 Å². The normalized spacial score (nSPS) is 12.6. The Balaban J connectivity index is 2.34. The molecule has 0 bridgehead atoms. The summed E-state index contributed by atoms with van der Waals surface area (Å²) in [5.74, 6) is -0.330. The van der Waals surface area contributed by atoms with Crippen LogP contribution in [0.2, 0.25) is 5.02 Å². The molecule has 0 unspecified atom stereocenters. The summed E-state index contributed by atoms with van der Waals surface area (Å²) in [4.78, 5) is 4.48. The zero-order valence-corrected chi connectivity index (χ0v) is 12.1. The Kier molecular flexibility index (Phi) is 3.62. The van der Waals surface area contributed by atoms with Crippen molar-refractivity contribution in [3.8, 4) is 11.1 Å². The van der Waals surface area contributed by atoms with E-state index in [2.05, 4.69) is 4.98 Å². The molecule has 0 aliphatic heterocycles. The number of halogens is 2. The van der Waals surface area contributed by atoms with Gasteiger partial charge >= 0.3 is 0 Å². The number of nitrogens with zero attached hydrogens (tertiary/aromatic N) is 1. The number of benzene rings is 2. The Bertz CT molecular complexity index is 817. The minimum Gasteiger partial charge on any atom is -0.387 e. The van der Waals surface area contributed by atoms with Crippen molar-refractivity contribution in [1.82, 2.24) is 4.98 Å². The first-order valence-electron chi connectivity index (χ1n) is 6.59. The third kappa shape index (κ3) is 2.62. The Morgan fingerprint density at radius 2 is 1.90 bits per heavy atom. The van der Waals surface area contributed by atoms with Gasteiger partial charge in [-0.15, -0.1) is 0 Å². The SMILES string of the molecule is C[C@H](O)c1nc2cccc(Cl)c2cc1-c1cccc(F)c1. The standard InChI is InChI=1S/C17H13ClFNO/c1-10(21)17-13(11-4-2-5-12(19)8-11)9-14-15(18)6-3-7-16(14)20-17/h2-10,21H,1H3/t10-/m0/s1. The van der Waals surface area contributed by atoms with Gasteiger partial charge in [0.1, 0.15) is 5.82 Å². The lowest BCUT2D eigenvalue weighted by Gasteiger charge is -2.13. The summed E-state index contributed by atoms with van der Waals surface area (Å²) < 4.78 is 13.5. The minimum atomic E-state index is -0.758. The van der Waals surface area contributed by atoms with E-state index in [-0.39, 0.29) is 5.82 Å². The second-order valence-corrected chi connectivity index (χ2v) is 5.32. The van der Waals surface area contributed by atoms with Crippen LogP contribution in [0.3, 0.4) is 0 Å². The zero-order valence-electron chi connectivity index (χ0n) is 11.3. The maximum atomic E-state index is 13.5. The molecule has 0 amide bonds. The van der Waals surface area contributed by atoms with Crippen molar-refractivity contribution in [1.29, 1.82) is 0 Å². The largest absolute Gasteiger partial charge is 0.387 e. The molecule has 2 aromatic carbocycles. The molecule has 0 saturated heterocycles. The predicted octanol–water partition coefficient (Wildman–Crippen LogP) is 4.75. The maximum absolute atomic E-state index is 13.5. The molecular weight excluding hydrogens is 289 g/mol. The minimum absolute atomic E-state index is 0.330. The first-order chi connectivity index (χ1) is 10.1. The molecule has 2 nitrogen and oxygen atoms in total. The third-order valence-electron chi connectivity index (χ3n) is 3.37. The van der Waals surface area contributed by atoms with Gasteiger partial charge < -0.3 is 5.11 Å². The van der Waals surface area contributed by atoms with Crippen molar-refractivity contribution in [3.05, 3.63) is 65.1 Å². The molecule has 21 heavy (non-hydrogen) atoms. The molecule has 1 heterocycles. The fourth-order valence-electron chi connectivity index (χ4n) is 2.38. The van der Waals surface area contributed by atoms with Gasteiger partial charge in [0.05, 0.1) is 17.3 Å². The highest BCUT2D eigenvalue weighted by Crippen LogP contribution is 2.33. The van der Waals surface area contributed by atoms with Gasteiger partial charge in [-0.25, -0.2) is 9.37 Å². The molecule has 4 heteroatoms. The van der Waals surface area contributed by atoms with Crippen LogP contribution in [0, 0.1) is 5.82 Å². The summed E-state index contributed by atoms with van der Waals surface area (Å²) in [5.41, 5.74) is 2.57. The average Bonchev–Trinajstić information content (AvgIpc) is 2.46. The summed E-state index contributed by atoms with van der Waals surface area (Å²) in [6.45, 7) is 1.64. The van der Waals surface area contributed by atoms with Gasteiger partial charge in [0.2, 0.25) is 0 Å². The van der Waals surface area contributed by atoms with Crippen molar-refractivity contribution >= 4 is 22.5 Å². The van der Waals surface area contributed by atoms with E-state index in [0.29, 0.717) is 27.4 Å². The van der Waals surface area contributed by atoms with E-state index in [4.69, 9.17) is 11.6 Å². The Labute approximate surface area is 126 Å². The van der Waals surface area contributed by atoms with Gasteiger partial charge in [0, 0.05) is 16.0 Å². The molecule has 0 aliphatic carbocycles. The highest BCUT2D eigenvalue weighted by atomic mass is 35.5. The van der Waals surface area contributed by atoms with Crippen LogP contribution in [0.15, 0.2) is 48.5 Å². The van der Waals surface area contributed by atoms with Crippen LogP contribution in [-0.2, 0) is 0 Å². The number of hydrogen-bond donors (Lipinski definition) is 1. The molecule has 1 aromatic heterocycles. The monoisotopic (exact) mass is 301 g/mol. The first kappa shape index (κ1) is 14.0. The van der Waals surface area contributed by atoms with Crippen molar-refractivity contribution in [2.75, 3.05) is 0 Å². The molecule has 106 valence electrons. The van der Waals surface area contributed by atoms with Gasteiger partial charge in [-0.05, 0) is 42.8 Å². The van der Waals surface area contributed by atoms with Gasteiger partial charge in [-0.3, -0.25) is 0 Å². The number of aliphatic hydroxyl groups excluding tert-OH is 1. The van der Waals surface area contributed by atoms with Gasteiger partial charge in [-0.1, -0.05) is 29.8 Å². The topological polar surface area (TPSA) is 33.1 Å². The van der Waals surface area contributed by atoms with E-state index in [9.17, 15) is 9.50 Å². The van der Waals surface area contributed by atoms with Crippen molar-refractivity contribution in [2.24, 2.45) is 0 Å². The summed E-state index contributed by atoms with van der Waals surface area (Å²) in [5, 5.41) is 11.3. The van der Waals surface area contributed by atoms with Crippen LogP contribution in [0.4, 0.5) is 4.39 Å². The molecule has 1 atom stereocenters. The Morgan fingerprint density at radius 3 is 2.62 bits per heavy atom. The van der Waals surface area contributed by atoms with E-state index in [1.54, 1.807) is 25.1 Å². The van der Waals surface area contributed by atoms with Gasteiger partial charge in [0.15, 0.2) is 0 Å². The lowest BCUT2D eigenvalue weighted by atomic mass is 9.99. The van der Waals surface area contributed by atoms with Crippen molar-refractivity contribution in [2.45, 2.75) is 13.0 Å².